The van der Waals surface area contributed by atoms with E-state index in [9.17, 15) is 19.7 Å². The number of hydrogen-bond donors (Lipinski definition) is 0. The molecule has 0 N–H and O–H groups in total. The fourth-order valence-electron chi connectivity index (χ4n) is 4.25. The summed E-state index contributed by atoms with van der Waals surface area (Å²) in [7, 11) is 0. The van der Waals surface area contributed by atoms with Crippen molar-refractivity contribution in [1.29, 1.82) is 0 Å². The molecule has 2 amide bonds. The number of benzene rings is 3. The van der Waals surface area contributed by atoms with Gasteiger partial charge in [-0.25, -0.2) is 9.96 Å². The molecule has 3 aromatic carbocycles. The van der Waals surface area contributed by atoms with E-state index < -0.39 is 34.8 Å². The Kier molecular flexibility index (Phi) is 5.28. The summed E-state index contributed by atoms with van der Waals surface area (Å²) in [6.45, 7) is 0. The Labute approximate surface area is 198 Å². The van der Waals surface area contributed by atoms with Crippen LogP contribution in [0.4, 0.5) is 17.1 Å². The first-order valence-electron chi connectivity index (χ1n) is 9.95. The minimum absolute atomic E-state index is 0.0258. The highest BCUT2D eigenvalue weighted by Gasteiger charge is 2.60. The first-order chi connectivity index (χ1) is 15.9. The Hall–Kier alpha value is -3.46. The molecule has 2 fully saturated rings. The van der Waals surface area contributed by atoms with E-state index in [1.165, 1.54) is 17.2 Å². The van der Waals surface area contributed by atoms with Crippen LogP contribution in [-0.2, 0) is 14.4 Å². The molecule has 0 radical (unpaired) electrons. The van der Waals surface area contributed by atoms with Gasteiger partial charge in [0.15, 0.2) is 6.10 Å². The highest BCUT2D eigenvalue weighted by molar-refractivity contribution is 6.32. The summed E-state index contributed by atoms with van der Waals surface area (Å²) in [4.78, 5) is 44.8. The van der Waals surface area contributed by atoms with Crippen LogP contribution in [0.15, 0.2) is 72.8 Å². The average Bonchev–Trinajstić information content (AvgIpc) is 3.31. The number of imide groups is 1. The van der Waals surface area contributed by atoms with Gasteiger partial charge in [0.05, 0.1) is 22.3 Å². The molecule has 0 spiro atoms. The molecule has 33 heavy (non-hydrogen) atoms. The maximum Gasteiger partial charge on any atom is 0.288 e. The normalized spacial score (nSPS) is 22.1. The van der Waals surface area contributed by atoms with E-state index in [-0.39, 0.29) is 10.7 Å². The number of anilines is 2. The van der Waals surface area contributed by atoms with Crippen molar-refractivity contribution < 1.29 is 19.3 Å². The summed E-state index contributed by atoms with van der Waals surface area (Å²) < 4.78 is 0. The number of hydroxylamine groups is 1. The smallest absolute Gasteiger partial charge is 0.273 e. The molecule has 2 aliphatic heterocycles. The zero-order chi connectivity index (χ0) is 23.3. The zero-order valence-electron chi connectivity index (χ0n) is 16.8. The largest absolute Gasteiger partial charge is 0.288 e. The van der Waals surface area contributed by atoms with Gasteiger partial charge in [-0.2, -0.15) is 0 Å². The third-order valence-electron chi connectivity index (χ3n) is 5.72. The molecule has 0 aliphatic carbocycles. The Balaban J connectivity index is 1.61. The van der Waals surface area contributed by atoms with Crippen molar-refractivity contribution in [3.63, 3.8) is 0 Å². The van der Waals surface area contributed by atoms with Crippen LogP contribution in [0.25, 0.3) is 0 Å². The number of nitro groups is 1. The molecule has 0 bridgehead atoms. The average molecular weight is 484 g/mol. The van der Waals surface area contributed by atoms with Gasteiger partial charge in [0.25, 0.3) is 11.6 Å². The number of rotatable bonds is 4. The Morgan fingerprint density at radius 3 is 2.24 bits per heavy atom. The van der Waals surface area contributed by atoms with Gasteiger partial charge in [-0.05, 0) is 48.0 Å². The molecule has 2 heterocycles. The fourth-order valence-corrected chi connectivity index (χ4v) is 4.56. The summed E-state index contributed by atoms with van der Waals surface area (Å²) in [5.74, 6) is -1.90. The van der Waals surface area contributed by atoms with Crippen LogP contribution < -0.4 is 9.96 Å². The lowest BCUT2D eigenvalue weighted by Crippen LogP contribution is -2.37. The lowest BCUT2D eigenvalue weighted by atomic mass is 9.90. The van der Waals surface area contributed by atoms with Crippen LogP contribution >= 0.6 is 23.2 Å². The lowest BCUT2D eigenvalue weighted by Gasteiger charge is -2.28. The van der Waals surface area contributed by atoms with Gasteiger partial charge in [0.2, 0.25) is 5.91 Å². The van der Waals surface area contributed by atoms with E-state index in [0.717, 1.165) is 4.90 Å². The monoisotopic (exact) mass is 483 g/mol. The second kappa shape index (κ2) is 8.15. The third kappa shape index (κ3) is 3.52. The summed E-state index contributed by atoms with van der Waals surface area (Å²) >= 11 is 11.9. The summed E-state index contributed by atoms with van der Waals surface area (Å²) in [6, 6.07) is 18.8. The maximum atomic E-state index is 13.5. The molecule has 10 heteroatoms. The number of fused-ring (bicyclic) bond motifs is 1. The Bertz CT molecular complexity index is 1270. The highest BCUT2D eigenvalue weighted by Crippen LogP contribution is 2.48. The molecule has 8 nitrogen and oxygen atoms in total. The minimum atomic E-state index is -1.09. The van der Waals surface area contributed by atoms with Crippen molar-refractivity contribution in [3.8, 4) is 0 Å². The second-order valence-corrected chi connectivity index (χ2v) is 8.46. The lowest BCUT2D eigenvalue weighted by molar-refractivity contribution is -0.384. The zero-order valence-corrected chi connectivity index (χ0v) is 18.3. The number of hydrogen-bond acceptors (Lipinski definition) is 6. The number of para-hydroxylation sites is 1. The number of amides is 2. The van der Waals surface area contributed by atoms with Crippen LogP contribution in [-0.4, -0.2) is 22.8 Å². The van der Waals surface area contributed by atoms with Crippen molar-refractivity contribution in [2.75, 3.05) is 9.96 Å². The quantitative estimate of drug-likeness (QED) is 0.296. The van der Waals surface area contributed by atoms with Crippen LogP contribution in [0.1, 0.15) is 11.6 Å². The maximum absolute atomic E-state index is 13.5. The molecule has 0 unspecified atom stereocenters. The minimum Gasteiger partial charge on any atom is -0.273 e. The summed E-state index contributed by atoms with van der Waals surface area (Å²) in [6.07, 6.45) is -1.09. The van der Waals surface area contributed by atoms with Crippen molar-refractivity contribution in [3.05, 3.63) is 98.5 Å². The predicted octanol–water partition coefficient (Wildman–Crippen LogP) is 4.95. The van der Waals surface area contributed by atoms with E-state index in [1.54, 1.807) is 54.6 Å². The molecule has 0 saturated carbocycles. The molecule has 0 aromatic heterocycles. The van der Waals surface area contributed by atoms with Gasteiger partial charge in [-0.15, -0.1) is 0 Å². The van der Waals surface area contributed by atoms with Crippen LogP contribution in [0.3, 0.4) is 0 Å². The molecular formula is C23H15Cl2N3O5. The van der Waals surface area contributed by atoms with Gasteiger partial charge in [0.1, 0.15) is 10.9 Å². The Morgan fingerprint density at radius 2 is 1.58 bits per heavy atom. The van der Waals surface area contributed by atoms with Gasteiger partial charge < -0.3 is 0 Å². The van der Waals surface area contributed by atoms with Gasteiger partial charge in [-0.1, -0.05) is 47.5 Å². The van der Waals surface area contributed by atoms with Gasteiger partial charge in [-0.3, -0.25) is 24.5 Å². The van der Waals surface area contributed by atoms with Crippen LogP contribution in [0.2, 0.25) is 10.0 Å². The summed E-state index contributed by atoms with van der Waals surface area (Å²) in [5, 5.41) is 13.4. The van der Waals surface area contributed by atoms with Crippen molar-refractivity contribution in [2.24, 2.45) is 5.92 Å². The van der Waals surface area contributed by atoms with Crippen molar-refractivity contribution >= 4 is 52.1 Å². The van der Waals surface area contributed by atoms with E-state index >= 15 is 0 Å². The Morgan fingerprint density at radius 1 is 0.879 bits per heavy atom. The molecule has 3 aromatic rings. The van der Waals surface area contributed by atoms with E-state index in [1.807, 2.05) is 6.07 Å². The number of halogens is 2. The standard InChI is InChI=1S/C23H15Cl2N3O5/c24-14-7-9-15(10-8-14)26-22(29)19-20(13-6-11-17(25)18(12-13)28(31)32)27(33-21(19)23(26)30)16-4-2-1-3-5-16/h1-12,19-21H/t19-,20-,21+/m0/s1. The molecule has 2 aliphatic rings. The molecule has 5 rings (SSSR count). The number of nitrogens with zero attached hydrogens (tertiary/aromatic N) is 3. The van der Waals surface area contributed by atoms with Crippen LogP contribution in [0, 0.1) is 16.0 Å². The van der Waals surface area contributed by atoms with Crippen LogP contribution in [0.5, 0.6) is 0 Å². The van der Waals surface area contributed by atoms with E-state index in [2.05, 4.69) is 0 Å². The molecular weight excluding hydrogens is 469 g/mol. The molecule has 166 valence electrons. The van der Waals surface area contributed by atoms with Crippen molar-refractivity contribution in [1.82, 2.24) is 0 Å². The molecule has 2 saturated heterocycles. The number of carbonyl (C=O) groups excluding carboxylic acids is 2. The van der Waals surface area contributed by atoms with Gasteiger partial charge in [0, 0.05) is 11.1 Å². The first kappa shape index (κ1) is 21.4. The second-order valence-electron chi connectivity index (χ2n) is 7.61. The molecule has 3 atom stereocenters. The summed E-state index contributed by atoms with van der Waals surface area (Å²) in [5.41, 5.74) is 1.12. The van der Waals surface area contributed by atoms with Crippen molar-refractivity contribution in [2.45, 2.75) is 12.1 Å². The fraction of sp³-hybridized carbons (Fsp3) is 0.130. The van der Waals surface area contributed by atoms with Gasteiger partial charge >= 0.3 is 0 Å². The third-order valence-corrected chi connectivity index (χ3v) is 6.29. The predicted molar refractivity (Wildman–Crippen MR) is 122 cm³/mol. The topological polar surface area (TPSA) is 93.0 Å². The van der Waals surface area contributed by atoms with E-state index in [0.29, 0.717) is 22.0 Å². The first-order valence-corrected chi connectivity index (χ1v) is 10.7. The van der Waals surface area contributed by atoms with E-state index in [4.69, 9.17) is 28.0 Å². The highest BCUT2D eigenvalue weighted by atomic mass is 35.5. The number of carbonyl (C=O) groups is 2. The SMILES string of the molecule is O=C1[C@@H]2[C@@H](ON(c3ccccc3)[C@H]2c2ccc(Cl)c([N+](=O)[O-])c2)C(=O)N1c1ccc(Cl)cc1. The number of nitro benzene ring substituents is 1.